The second-order valence-electron chi connectivity index (χ2n) is 6.93. The van der Waals surface area contributed by atoms with Crippen molar-refractivity contribution in [3.8, 4) is 22.8 Å². The highest BCUT2D eigenvalue weighted by Gasteiger charge is 2.16. The number of hydrogen-bond acceptors (Lipinski definition) is 3. The first kappa shape index (κ1) is 18.1. The van der Waals surface area contributed by atoms with E-state index >= 15 is 0 Å². The van der Waals surface area contributed by atoms with Gasteiger partial charge in [0.1, 0.15) is 11.5 Å². The van der Waals surface area contributed by atoms with Crippen LogP contribution in [0.2, 0.25) is 0 Å². The highest BCUT2D eigenvalue weighted by molar-refractivity contribution is 5.95. The van der Waals surface area contributed by atoms with E-state index in [-0.39, 0.29) is 0 Å². The van der Waals surface area contributed by atoms with Gasteiger partial charge in [0.05, 0.1) is 25.4 Å². The zero-order valence-corrected chi connectivity index (χ0v) is 16.7. The number of fused-ring (bicyclic) bond motifs is 1. The van der Waals surface area contributed by atoms with Crippen LogP contribution in [0.1, 0.15) is 16.8 Å². The van der Waals surface area contributed by atoms with Crippen LogP contribution < -0.4 is 9.47 Å². The first-order valence-electron chi connectivity index (χ1n) is 9.34. The molecule has 0 spiro atoms. The highest BCUT2D eigenvalue weighted by atomic mass is 16.5. The van der Waals surface area contributed by atoms with Crippen LogP contribution in [0.4, 0.5) is 0 Å². The summed E-state index contributed by atoms with van der Waals surface area (Å²) in [6.45, 7) is 5.14. The fourth-order valence-corrected chi connectivity index (χ4v) is 3.67. The number of aryl methyl sites for hydroxylation is 1. The number of rotatable bonds is 5. The predicted molar refractivity (Wildman–Crippen MR) is 113 cm³/mol. The Morgan fingerprint density at radius 1 is 0.821 bits per heavy atom. The van der Waals surface area contributed by atoms with E-state index < -0.39 is 0 Å². The Morgan fingerprint density at radius 3 is 2.04 bits per heavy atom. The lowest BCUT2D eigenvalue weighted by molar-refractivity contribution is 0.414. The van der Waals surface area contributed by atoms with Gasteiger partial charge in [0.25, 0.3) is 0 Å². The van der Waals surface area contributed by atoms with E-state index in [0.717, 1.165) is 29.3 Å². The molecule has 2 heterocycles. The van der Waals surface area contributed by atoms with Gasteiger partial charge in [-0.15, -0.1) is 0 Å². The second-order valence-corrected chi connectivity index (χ2v) is 6.93. The van der Waals surface area contributed by atoms with Gasteiger partial charge in [-0.25, -0.2) is 0 Å². The Kier molecular flexibility index (Phi) is 4.78. The fraction of sp³-hybridized carbons (Fsp3) is 0.208. The molecule has 0 atom stereocenters. The van der Waals surface area contributed by atoms with E-state index in [9.17, 15) is 0 Å². The van der Waals surface area contributed by atoms with Crippen LogP contribution >= 0.6 is 0 Å². The normalized spacial score (nSPS) is 11.0. The molecule has 2 aromatic heterocycles. The zero-order chi connectivity index (χ0) is 19.7. The van der Waals surface area contributed by atoms with E-state index in [1.165, 1.54) is 27.7 Å². The monoisotopic (exact) mass is 372 g/mol. The van der Waals surface area contributed by atoms with Gasteiger partial charge in [-0.05, 0) is 67.4 Å². The number of nitrogens with zero attached hydrogens (tertiary/aromatic N) is 2. The van der Waals surface area contributed by atoms with Crippen molar-refractivity contribution in [3.05, 3.63) is 77.6 Å². The van der Waals surface area contributed by atoms with E-state index in [2.05, 4.69) is 48.7 Å². The Bertz CT molecular complexity index is 1110. The lowest BCUT2D eigenvalue weighted by Gasteiger charge is -2.12. The number of methoxy groups -OCH3 is 2. The van der Waals surface area contributed by atoms with Crippen LogP contribution in [0.5, 0.6) is 11.5 Å². The van der Waals surface area contributed by atoms with Crippen molar-refractivity contribution in [1.29, 1.82) is 0 Å². The van der Waals surface area contributed by atoms with Crippen molar-refractivity contribution in [3.63, 3.8) is 0 Å². The van der Waals surface area contributed by atoms with Gasteiger partial charge < -0.3 is 14.0 Å². The van der Waals surface area contributed by atoms with Gasteiger partial charge in [-0.3, -0.25) is 4.98 Å². The molecule has 0 amide bonds. The van der Waals surface area contributed by atoms with Crippen molar-refractivity contribution in [1.82, 2.24) is 9.55 Å². The molecule has 0 radical (unpaired) electrons. The van der Waals surface area contributed by atoms with Gasteiger partial charge in [-0.2, -0.15) is 0 Å². The van der Waals surface area contributed by atoms with Crippen LogP contribution in [0.15, 0.2) is 60.8 Å². The van der Waals surface area contributed by atoms with Crippen molar-refractivity contribution in [2.75, 3.05) is 14.2 Å². The summed E-state index contributed by atoms with van der Waals surface area (Å²) < 4.78 is 12.9. The van der Waals surface area contributed by atoms with E-state index in [0.29, 0.717) is 0 Å². The SMILES string of the molecule is COc1ccc(Cn2c(C)c(C)c3ccnc(-c4ccc(OC)cc4)c32)cc1. The van der Waals surface area contributed by atoms with Gasteiger partial charge in [0, 0.05) is 29.4 Å². The quantitative estimate of drug-likeness (QED) is 0.471. The molecule has 0 aliphatic rings. The summed E-state index contributed by atoms with van der Waals surface area (Å²) in [4.78, 5) is 4.74. The maximum Gasteiger partial charge on any atom is 0.118 e. The minimum absolute atomic E-state index is 0.787. The highest BCUT2D eigenvalue weighted by Crippen LogP contribution is 2.33. The average Bonchev–Trinajstić information content (AvgIpc) is 2.99. The first-order chi connectivity index (χ1) is 13.6. The van der Waals surface area contributed by atoms with Gasteiger partial charge in [-0.1, -0.05) is 12.1 Å². The summed E-state index contributed by atoms with van der Waals surface area (Å²) in [5.41, 5.74) is 7.02. The molecule has 0 aliphatic heterocycles. The van der Waals surface area contributed by atoms with Crippen LogP contribution in [0, 0.1) is 13.8 Å². The summed E-state index contributed by atoms with van der Waals surface area (Å²) in [5.74, 6) is 1.71. The Hall–Kier alpha value is -3.27. The third-order valence-corrected chi connectivity index (χ3v) is 5.41. The summed E-state index contributed by atoms with van der Waals surface area (Å²) in [7, 11) is 3.37. The molecule has 2 aromatic carbocycles. The lowest BCUT2D eigenvalue weighted by atomic mass is 10.1. The molecule has 0 aliphatic carbocycles. The number of hydrogen-bond donors (Lipinski definition) is 0. The lowest BCUT2D eigenvalue weighted by Crippen LogP contribution is -2.03. The van der Waals surface area contributed by atoms with Crippen molar-refractivity contribution < 1.29 is 9.47 Å². The number of pyridine rings is 1. The first-order valence-corrected chi connectivity index (χ1v) is 9.34. The molecule has 4 heteroatoms. The Balaban J connectivity index is 1.86. The van der Waals surface area contributed by atoms with E-state index in [4.69, 9.17) is 14.5 Å². The van der Waals surface area contributed by atoms with Crippen molar-refractivity contribution in [2.45, 2.75) is 20.4 Å². The maximum absolute atomic E-state index is 5.30. The van der Waals surface area contributed by atoms with Crippen LogP contribution in [-0.4, -0.2) is 23.8 Å². The van der Waals surface area contributed by atoms with Gasteiger partial charge in [0.15, 0.2) is 0 Å². The maximum atomic E-state index is 5.30. The molecule has 142 valence electrons. The summed E-state index contributed by atoms with van der Waals surface area (Å²) in [5, 5.41) is 1.24. The summed E-state index contributed by atoms with van der Waals surface area (Å²) in [6, 6.07) is 18.4. The Labute approximate surface area is 165 Å². The molecule has 4 rings (SSSR count). The standard InChI is InChI=1S/C24H24N2O2/c1-16-17(2)26(15-18-5-9-20(27-3)10-6-18)24-22(16)13-14-25-23(24)19-7-11-21(28-4)12-8-19/h5-14H,15H2,1-4H3. The smallest absolute Gasteiger partial charge is 0.118 e. The summed E-state index contributed by atoms with van der Waals surface area (Å²) >= 11 is 0. The Morgan fingerprint density at radius 2 is 1.43 bits per heavy atom. The van der Waals surface area contributed by atoms with Gasteiger partial charge in [0.2, 0.25) is 0 Å². The van der Waals surface area contributed by atoms with Crippen molar-refractivity contribution in [2.24, 2.45) is 0 Å². The second kappa shape index (κ2) is 7.39. The number of aromatic nitrogens is 2. The van der Waals surface area contributed by atoms with Gasteiger partial charge >= 0.3 is 0 Å². The largest absolute Gasteiger partial charge is 0.497 e. The molecule has 0 fully saturated rings. The molecule has 4 aromatic rings. The van der Waals surface area contributed by atoms with E-state index in [1.54, 1.807) is 14.2 Å². The van der Waals surface area contributed by atoms with Crippen LogP contribution in [0.3, 0.4) is 0 Å². The zero-order valence-electron chi connectivity index (χ0n) is 16.7. The molecule has 4 nitrogen and oxygen atoms in total. The molecule has 0 bridgehead atoms. The molecular weight excluding hydrogens is 348 g/mol. The average molecular weight is 372 g/mol. The predicted octanol–water partition coefficient (Wildman–Crippen LogP) is 5.39. The minimum atomic E-state index is 0.787. The van der Waals surface area contributed by atoms with Crippen molar-refractivity contribution >= 4 is 10.9 Å². The molecule has 0 N–H and O–H groups in total. The summed E-state index contributed by atoms with van der Waals surface area (Å²) in [6.07, 6.45) is 1.89. The van der Waals surface area contributed by atoms with Crippen LogP contribution in [0.25, 0.3) is 22.2 Å². The third-order valence-electron chi connectivity index (χ3n) is 5.41. The number of ether oxygens (including phenoxy) is 2. The fourth-order valence-electron chi connectivity index (χ4n) is 3.67. The topological polar surface area (TPSA) is 36.3 Å². The third kappa shape index (κ3) is 3.11. The molecule has 28 heavy (non-hydrogen) atoms. The number of benzene rings is 2. The van der Waals surface area contributed by atoms with Crippen LogP contribution in [-0.2, 0) is 6.54 Å². The van der Waals surface area contributed by atoms with E-state index in [1.807, 2.05) is 30.5 Å². The molecule has 0 saturated heterocycles. The molecular formula is C24H24N2O2. The minimum Gasteiger partial charge on any atom is -0.497 e. The molecule has 0 unspecified atom stereocenters. The molecule has 0 saturated carbocycles.